The predicted octanol–water partition coefficient (Wildman–Crippen LogP) is 3.22. The van der Waals surface area contributed by atoms with E-state index in [4.69, 9.17) is 9.47 Å². The Morgan fingerprint density at radius 2 is 1.59 bits per heavy atom. The number of carbonyl (C=O) groups excluding carboxylic acids is 1. The van der Waals surface area contributed by atoms with Crippen LogP contribution in [0, 0.1) is 5.92 Å². The molecule has 0 saturated carbocycles. The van der Waals surface area contributed by atoms with E-state index in [1.807, 2.05) is 23.1 Å². The molecule has 2 aromatic rings. The van der Waals surface area contributed by atoms with Gasteiger partial charge in [-0.25, -0.2) is 8.42 Å². The average molecular weight is 457 g/mol. The average Bonchev–Trinajstić information content (AvgIpc) is 3.34. The van der Waals surface area contributed by atoms with Crippen LogP contribution < -0.4 is 9.47 Å². The molecule has 0 aromatic heterocycles. The van der Waals surface area contributed by atoms with Crippen LogP contribution >= 0.6 is 0 Å². The van der Waals surface area contributed by atoms with Crippen LogP contribution in [0.4, 0.5) is 0 Å². The lowest BCUT2D eigenvalue weighted by molar-refractivity contribution is -0.137. The van der Waals surface area contributed by atoms with Gasteiger partial charge in [0.05, 0.1) is 10.9 Å². The van der Waals surface area contributed by atoms with Gasteiger partial charge in [-0.1, -0.05) is 30.3 Å². The van der Waals surface area contributed by atoms with Gasteiger partial charge in [-0.2, -0.15) is 4.31 Å². The van der Waals surface area contributed by atoms with Crippen molar-refractivity contribution in [2.45, 2.75) is 36.6 Å². The summed E-state index contributed by atoms with van der Waals surface area (Å²) in [5.74, 6) is 1.06. The van der Waals surface area contributed by atoms with E-state index in [1.54, 1.807) is 12.1 Å². The number of ether oxygens (including phenoxy) is 2. The van der Waals surface area contributed by atoms with Crippen LogP contribution in [0.25, 0.3) is 0 Å². The Morgan fingerprint density at radius 1 is 0.875 bits per heavy atom. The van der Waals surface area contributed by atoms with Gasteiger partial charge in [0.15, 0.2) is 11.5 Å². The largest absolute Gasteiger partial charge is 0.486 e. The number of hydrogen-bond acceptors (Lipinski definition) is 5. The third-order valence-electron chi connectivity index (χ3n) is 6.67. The van der Waals surface area contributed by atoms with Crippen molar-refractivity contribution >= 4 is 15.9 Å². The third-order valence-corrected chi connectivity index (χ3v) is 8.57. The van der Waals surface area contributed by atoms with Crippen molar-refractivity contribution in [1.82, 2.24) is 9.21 Å². The molecule has 2 saturated heterocycles. The van der Waals surface area contributed by atoms with Crippen LogP contribution in [0.1, 0.15) is 37.3 Å². The van der Waals surface area contributed by atoms with Crippen molar-refractivity contribution < 1.29 is 22.7 Å². The maximum absolute atomic E-state index is 13.3. The summed E-state index contributed by atoms with van der Waals surface area (Å²) in [5, 5.41) is 0. The second-order valence-corrected chi connectivity index (χ2v) is 10.5. The first-order chi connectivity index (χ1) is 15.5. The first-order valence-corrected chi connectivity index (χ1v) is 12.7. The van der Waals surface area contributed by atoms with E-state index >= 15 is 0 Å². The van der Waals surface area contributed by atoms with E-state index in [1.165, 1.54) is 15.9 Å². The number of amides is 1. The molecule has 3 heterocycles. The summed E-state index contributed by atoms with van der Waals surface area (Å²) in [6, 6.07) is 15.1. The number of carbonyl (C=O) groups is 1. The van der Waals surface area contributed by atoms with E-state index in [-0.39, 0.29) is 22.8 Å². The van der Waals surface area contributed by atoms with E-state index in [2.05, 4.69) is 12.1 Å². The summed E-state index contributed by atoms with van der Waals surface area (Å²) in [6.45, 7) is 2.33. The SMILES string of the molecule is O=C(C1CCN(S(=O)(=O)c2ccc3c(c2)OCCO3)CC1)N1CCCC1c1ccccc1. The van der Waals surface area contributed by atoms with Crippen LogP contribution in [0.2, 0.25) is 0 Å². The summed E-state index contributed by atoms with van der Waals surface area (Å²) >= 11 is 0. The van der Waals surface area contributed by atoms with E-state index in [0.717, 1.165) is 19.4 Å². The highest BCUT2D eigenvalue weighted by Crippen LogP contribution is 2.36. The fourth-order valence-electron chi connectivity index (χ4n) is 4.96. The van der Waals surface area contributed by atoms with Gasteiger partial charge in [0.25, 0.3) is 0 Å². The van der Waals surface area contributed by atoms with Crippen LogP contribution in [-0.2, 0) is 14.8 Å². The highest BCUT2D eigenvalue weighted by atomic mass is 32.2. The molecule has 2 aromatic carbocycles. The first-order valence-electron chi connectivity index (χ1n) is 11.3. The Balaban J connectivity index is 1.25. The van der Waals surface area contributed by atoms with Gasteiger partial charge in [-0.05, 0) is 43.4 Å². The van der Waals surface area contributed by atoms with Crippen molar-refractivity contribution in [3.63, 3.8) is 0 Å². The smallest absolute Gasteiger partial charge is 0.243 e. The maximum Gasteiger partial charge on any atom is 0.243 e. The summed E-state index contributed by atoms with van der Waals surface area (Å²) in [6.07, 6.45) is 3.07. The zero-order chi connectivity index (χ0) is 22.1. The van der Waals surface area contributed by atoms with Crippen molar-refractivity contribution in [1.29, 1.82) is 0 Å². The molecule has 0 bridgehead atoms. The van der Waals surface area contributed by atoms with Crippen LogP contribution in [0.3, 0.4) is 0 Å². The predicted molar refractivity (Wildman–Crippen MR) is 119 cm³/mol. The Morgan fingerprint density at radius 3 is 2.34 bits per heavy atom. The minimum absolute atomic E-state index is 0.128. The van der Waals surface area contributed by atoms with E-state index in [9.17, 15) is 13.2 Å². The molecule has 5 rings (SSSR count). The second-order valence-electron chi connectivity index (χ2n) is 8.58. The topological polar surface area (TPSA) is 76.2 Å². The van der Waals surface area contributed by atoms with Gasteiger partial charge in [0, 0.05) is 31.6 Å². The Kier molecular flexibility index (Phi) is 5.82. The Labute approximate surface area is 189 Å². The number of fused-ring (bicyclic) bond motifs is 1. The quantitative estimate of drug-likeness (QED) is 0.706. The zero-order valence-corrected chi connectivity index (χ0v) is 18.8. The number of hydrogen-bond donors (Lipinski definition) is 0. The zero-order valence-electron chi connectivity index (χ0n) is 18.0. The molecule has 3 aliphatic rings. The lowest BCUT2D eigenvalue weighted by Gasteiger charge is -2.34. The lowest BCUT2D eigenvalue weighted by Crippen LogP contribution is -2.44. The molecule has 0 radical (unpaired) electrons. The standard InChI is InChI=1S/C24H28N2O5S/c27-24(26-12-4-7-21(26)18-5-2-1-3-6-18)19-10-13-25(14-11-19)32(28,29)20-8-9-22-23(17-20)31-16-15-30-22/h1-3,5-6,8-9,17,19,21H,4,7,10-16H2. The highest BCUT2D eigenvalue weighted by molar-refractivity contribution is 7.89. The Hall–Kier alpha value is -2.58. The number of nitrogens with zero attached hydrogens (tertiary/aromatic N) is 2. The molecule has 0 spiro atoms. The summed E-state index contributed by atoms with van der Waals surface area (Å²) in [4.78, 5) is 15.5. The molecule has 2 fully saturated rings. The van der Waals surface area contributed by atoms with Crippen molar-refractivity contribution in [3.8, 4) is 11.5 Å². The molecule has 8 heteroatoms. The van der Waals surface area contributed by atoms with Gasteiger partial charge in [-0.3, -0.25) is 4.79 Å². The monoisotopic (exact) mass is 456 g/mol. The molecule has 32 heavy (non-hydrogen) atoms. The third kappa shape index (κ3) is 3.97. The molecular weight excluding hydrogens is 428 g/mol. The summed E-state index contributed by atoms with van der Waals surface area (Å²) in [7, 11) is -3.64. The van der Waals surface area contributed by atoms with Gasteiger partial charge >= 0.3 is 0 Å². The molecule has 1 unspecified atom stereocenters. The van der Waals surface area contributed by atoms with Gasteiger partial charge in [0.2, 0.25) is 15.9 Å². The molecule has 7 nitrogen and oxygen atoms in total. The van der Waals surface area contributed by atoms with Crippen molar-refractivity contribution in [3.05, 3.63) is 54.1 Å². The summed E-state index contributed by atoms with van der Waals surface area (Å²) < 4.78 is 38.9. The second kappa shape index (κ2) is 8.75. The minimum atomic E-state index is -3.64. The molecule has 0 aliphatic carbocycles. The van der Waals surface area contributed by atoms with Gasteiger partial charge < -0.3 is 14.4 Å². The number of sulfonamides is 1. The van der Waals surface area contributed by atoms with Gasteiger partial charge in [-0.15, -0.1) is 0 Å². The number of benzene rings is 2. The summed E-state index contributed by atoms with van der Waals surface area (Å²) in [5.41, 5.74) is 1.18. The number of rotatable bonds is 4. The van der Waals surface area contributed by atoms with Crippen LogP contribution in [0.5, 0.6) is 11.5 Å². The Bertz CT molecular complexity index is 1080. The first kappa shape index (κ1) is 21.3. The molecular formula is C24H28N2O5S. The fraction of sp³-hybridized carbons (Fsp3) is 0.458. The number of likely N-dealkylation sites (tertiary alicyclic amines) is 1. The normalized spacial score (nSPS) is 22.1. The lowest BCUT2D eigenvalue weighted by atomic mass is 9.95. The molecule has 0 N–H and O–H groups in total. The van der Waals surface area contributed by atoms with Crippen molar-refractivity contribution in [2.75, 3.05) is 32.8 Å². The molecule has 3 aliphatic heterocycles. The molecule has 1 atom stereocenters. The van der Waals surface area contributed by atoms with E-state index in [0.29, 0.717) is 50.6 Å². The van der Waals surface area contributed by atoms with Crippen LogP contribution in [-0.4, -0.2) is 56.4 Å². The number of piperidine rings is 1. The van der Waals surface area contributed by atoms with Crippen LogP contribution in [0.15, 0.2) is 53.4 Å². The highest BCUT2D eigenvalue weighted by Gasteiger charge is 2.37. The molecule has 170 valence electrons. The van der Waals surface area contributed by atoms with Gasteiger partial charge in [0.1, 0.15) is 13.2 Å². The van der Waals surface area contributed by atoms with Crippen molar-refractivity contribution in [2.24, 2.45) is 5.92 Å². The molecule has 1 amide bonds. The van der Waals surface area contributed by atoms with E-state index < -0.39 is 10.0 Å². The minimum Gasteiger partial charge on any atom is -0.486 e. The fourth-order valence-corrected chi connectivity index (χ4v) is 6.45. The maximum atomic E-state index is 13.3.